The summed E-state index contributed by atoms with van der Waals surface area (Å²) in [6.45, 7) is 2.19. The minimum Gasteiger partial charge on any atom is -0.457 e. The maximum Gasteiger partial charge on any atom is 0.229 e. The van der Waals surface area contributed by atoms with Crippen LogP contribution in [0.1, 0.15) is 12.0 Å². The number of carbonyl (C=O) groups is 2. The number of carbonyl (C=O) groups excluding carboxylic acids is 2. The van der Waals surface area contributed by atoms with Crippen molar-refractivity contribution in [3.8, 4) is 11.5 Å². The van der Waals surface area contributed by atoms with Crippen LogP contribution in [-0.4, -0.2) is 18.4 Å². The first-order chi connectivity index (χ1) is 14.9. The lowest BCUT2D eigenvalue weighted by molar-refractivity contribution is -0.122. The molecule has 1 aliphatic heterocycles. The van der Waals surface area contributed by atoms with Crippen LogP contribution in [0.3, 0.4) is 0 Å². The maximum absolute atomic E-state index is 12.7. The van der Waals surface area contributed by atoms with Gasteiger partial charge in [0.05, 0.1) is 5.92 Å². The van der Waals surface area contributed by atoms with Gasteiger partial charge in [0.15, 0.2) is 0 Å². The van der Waals surface area contributed by atoms with Gasteiger partial charge in [-0.25, -0.2) is 0 Å². The van der Waals surface area contributed by atoms with Crippen molar-refractivity contribution in [3.63, 3.8) is 0 Å². The van der Waals surface area contributed by atoms with Crippen LogP contribution in [0.2, 0.25) is 10.0 Å². The molecule has 0 radical (unpaired) electrons. The lowest BCUT2D eigenvalue weighted by atomic mass is 10.1. The lowest BCUT2D eigenvalue weighted by Crippen LogP contribution is -2.28. The Morgan fingerprint density at radius 2 is 1.65 bits per heavy atom. The number of rotatable bonds is 5. The molecule has 7 heteroatoms. The summed E-state index contributed by atoms with van der Waals surface area (Å²) in [6.07, 6.45) is 0.162. The van der Waals surface area contributed by atoms with Crippen LogP contribution in [-0.2, 0) is 9.59 Å². The molecule has 4 rings (SSSR count). The molecule has 1 atom stereocenters. The number of halogens is 2. The second-order valence-corrected chi connectivity index (χ2v) is 8.20. The fourth-order valence-electron chi connectivity index (χ4n) is 3.49. The average molecular weight is 455 g/mol. The molecule has 0 unspecified atom stereocenters. The number of hydrogen-bond acceptors (Lipinski definition) is 3. The first kappa shape index (κ1) is 21.2. The lowest BCUT2D eigenvalue weighted by Gasteiger charge is -2.19. The van der Waals surface area contributed by atoms with Crippen LogP contribution in [0, 0.1) is 12.8 Å². The highest BCUT2D eigenvalue weighted by Crippen LogP contribution is 2.32. The van der Waals surface area contributed by atoms with E-state index in [0.29, 0.717) is 33.8 Å². The Morgan fingerprint density at radius 3 is 2.32 bits per heavy atom. The number of amides is 2. The molecule has 1 heterocycles. The molecule has 2 amide bonds. The SMILES string of the molecule is Cc1c(Cl)cccc1N1C[C@H](C(=O)Nc2ccc(Oc3ccc(Cl)cc3)cc2)CC1=O. The molecule has 1 fully saturated rings. The van der Waals surface area contributed by atoms with E-state index in [4.69, 9.17) is 27.9 Å². The topological polar surface area (TPSA) is 58.6 Å². The second kappa shape index (κ2) is 9.00. The summed E-state index contributed by atoms with van der Waals surface area (Å²) in [7, 11) is 0. The molecule has 3 aromatic carbocycles. The molecule has 31 heavy (non-hydrogen) atoms. The van der Waals surface area contributed by atoms with Gasteiger partial charge in [0.1, 0.15) is 11.5 Å². The van der Waals surface area contributed by atoms with Gasteiger partial charge < -0.3 is 15.0 Å². The Morgan fingerprint density at radius 1 is 1.00 bits per heavy atom. The third-order valence-corrected chi connectivity index (χ3v) is 5.86. The Kier molecular flexibility index (Phi) is 6.16. The maximum atomic E-state index is 12.7. The fraction of sp³-hybridized carbons (Fsp3) is 0.167. The van der Waals surface area contributed by atoms with E-state index < -0.39 is 5.92 Å². The molecule has 5 nitrogen and oxygen atoms in total. The number of benzene rings is 3. The zero-order valence-corrected chi connectivity index (χ0v) is 18.3. The van der Waals surface area contributed by atoms with Crippen LogP contribution in [0.5, 0.6) is 11.5 Å². The standard InChI is InChI=1S/C24H20Cl2N2O3/c1-15-21(26)3-2-4-22(15)28-14-16(13-23(28)29)24(30)27-18-7-11-20(12-8-18)31-19-9-5-17(25)6-10-19/h2-12,16H,13-14H2,1H3,(H,27,30)/t16-/m1/s1. The van der Waals surface area contributed by atoms with Gasteiger partial charge in [-0.15, -0.1) is 0 Å². The predicted octanol–water partition coefficient (Wildman–Crippen LogP) is 6.09. The van der Waals surface area contributed by atoms with E-state index in [-0.39, 0.29) is 18.2 Å². The summed E-state index contributed by atoms with van der Waals surface area (Å²) in [5, 5.41) is 4.12. The fourth-order valence-corrected chi connectivity index (χ4v) is 3.79. The highest BCUT2D eigenvalue weighted by molar-refractivity contribution is 6.32. The van der Waals surface area contributed by atoms with Crippen molar-refractivity contribution in [2.45, 2.75) is 13.3 Å². The van der Waals surface area contributed by atoms with Crippen LogP contribution >= 0.6 is 23.2 Å². The van der Waals surface area contributed by atoms with Crippen molar-refractivity contribution < 1.29 is 14.3 Å². The van der Waals surface area contributed by atoms with Gasteiger partial charge in [0, 0.05) is 34.4 Å². The van der Waals surface area contributed by atoms with E-state index in [1.165, 1.54) is 0 Å². The van der Waals surface area contributed by atoms with Crippen molar-refractivity contribution in [1.82, 2.24) is 0 Å². The summed E-state index contributed by atoms with van der Waals surface area (Å²) >= 11 is 12.1. The van der Waals surface area contributed by atoms with E-state index in [0.717, 1.165) is 11.3 Å². The third kappa shape index (κ3) is 4.84. The first-order valence-corrected chi connectivity index (χ1v) is 10.6. The number of anilines is 2. The number of ether oxygens (including phenoxy) is 1. The van der Waals surface area contributed by atoms with Crippen molar-refractivity contribution in [2.75, 3.05) is 16.8 Å². The van der Waals surface area contributed by atoms with Crippen molar-refractivity contribution in [2.24, 2.45) is 5.92 Å². The van der Waals surface area contributed by atoms with Crippen molar-refractivity contribution >= 4 is 46.4 Å². The van der Waals surface area contributed by atoms with Crippen LogP contribution in [0.15, 0.2) is 66.7 Å². The highest BCUT2D eigenvalue weighted by atomic mass is 35.5. The molecule has 0 aromatic heterocycles. The number of hydrogen-bond donors (Lipinski definition) is 1. The number of nitrogens with one attached hydrogen (secondary N) is 1. The van der Waals surface area contributed by atoms with Gasteiger partial charge in [-0.2, -0.15) is 0 Å². The Balaban J connectivity index is 1.38. The molecule has 0 spiro atoms. The van der Waals surface area contributed by atoms with Gasteiger partial charge in [0.2, 0.25) is 11.8 Å². The molecule has 0 saturated carbocycles. The largest absolute Gasteiger partial charge is 0.457 e. The zero-order valence-electron chi connectivity index (χ0n) is 16.8. The van der Waals surface area contributed by atoms with Gasteiger partial charge in [-0.05, 0) is 73.2 Å². The van der Waals surface area contributed by atoms with Crippen molar-refractivity contribution in [3.05, 3.63) is 82.3 Å². The summed E-state index contributed by atoms with van der Waals surface area (Å²) in [5.41, 5.74) is 2.21. The molecule has 1 N–H and O–H groups in total. The number of nitrogens with zero attached hydrogens (tertiary/aromatic N) is 1. The summed E-state index contributed by atoms with van der Waals surface area (Å²) in [5.74, 6) is 0.594. The van der Waals surface area contributed by atoms with Gasteiger partial charge in [-0.3, -0.25) is 9.59 Å². The normalized spacial score (nSPS) is 15.8. The predicted molar refractivity (Wildman–Crippen MR) is 123 cm³/mol. The first-order valence-electron chi connectivity index (χ1n) is 9.80. The van der Waals surface area contributed by atoms with Gasteiger partial charge >= 0.3 is 0 Å². The smallest absolute Gasteiger partial charge is 0.229 e. The summed E-state index contributed by atoms with van der Waals surface area (Å²) in [4.78, 5) is 26.9. The third-order valence-electron chi connectivity index (χ3n) is 5.20. The second-order valence-electron chi connectivity index (χ2n) is 7.36. The Labute approximate surface area is 190 Å². The van der Waals surface area contributed by atoms with E-state index in [1.807, 2.05) is 13.0 Å². The molecule has 0 bridgehead atoms. The zero-order chi connectivity index (χ0) is 22.0. The Bertz CT molecular complexity index is 1110. The minimum absolute atomic E-state index is 0.0859. The average Bonchev–Trinajstić information content (AvgIpc) is 3.15. The summed E-state index contributed by atoms with van der Waals surface area (Å²) in [6, 6.07) is 19.6. The van der Waals surface area contributed by atoms with E-state index in [2.05, 4.69) is 5.32 Å². The van der Waals surface area contributed by atoms with Gasteiger partial charge in [-0.1, -0.05) is 29.3 Å². The van der Waals surface area contributed by atoms with Crippen molar-refractivity contribution in [1.29, 1.82) is 0 Å². The van der Waals surface area contributed by atoms with E-state index >= 15 is 0 Å². The molecule has 158 valence electrons. The highest BCUT2D eigenvalue weighted by Gasteiger charge is 2.35. The van der Waals surface area contributed by atoms with Crippen LogP contribution in [0.4, 0.5) is 11.4 Å². The van der Waals surface area contributed by atoms with Gasteiger partial charge in [0.25, 0.3) is 0 Å². The molecular weight excluding hydrogens is 435 g/mol. The molecular formula is C24H20Cl2N2O3. The Hall–Kier alpha value is -3.02. The quantitative estimate of drug-likeness (QED) is 0.507. The summed E-state index contributed by atoms with van der Waals surface area (Å²) < 4.78 is 5.76. The van der Waals surface area contributed by atoms with Crippen LogP contribution < -0.4 is 15.0 Å². The minimum atomic E-state index is -0.434. The molecule has 3 aromatic rings. The van der Waals surface area contributed by atoms with Crippen LogP contribution in [0.25, 0.3) is 0 Å². The molecule has 1 saturated heterocycles. The van der Waals surface area contributed by atoms with E-state index in [9.17, 15) is 9.59 Å². The molecule has 1 aliphatic rings. The molecule has 0 aliphatic carbocycles. The monoisotopic (exact) mass is 454 g/mol. The van der Waals surface area contributed by atoms with E-state index in [1.54, 1.807) is 65.6 Å².